The number of phenols is 1. The smallest absolute Gasteiger partial charge is 0.408 e. The number of rotatable bonds is 14. The second kappa shape index (κ2) is 15.8. The molecule has 0 saturated heterocycles. The van der Waals surface area contributed by atoms with E-state index in [0.29, 0.717) is 17.5 Å². The molecule has 1 rings (SSSR count). The van der Waals surface area contributed by atoms with Crippen molar-refractivity contribution < 1.29 is 33.8 Å². The number of methoxy groups -OCH3 is 1. The van der Waals surface area contributed by atoms with Crippen LogP contribution in [-0.2, 0) is 23.9 Å². The summed E-state index contributed by atoms with van der Waals surface area (Å²) >= 11 is 0. The van der Waals surface area contributed by atoms with Crippen LogP contribution in [0.1, 0.15) is 90.3 Å². The molecule has 0 heterocycles. The Morgan fingerprint density at radius 1 is 1.05 bits per heavy atom. The number of esters is 1. The first-order valence-corrected chi connectivity index (χ1v) is 13.2. The van der Waals surface area contributed by atoms with Gasteiger partial charge in [0.1, 0.15) is 30.0 Å². The average Bonchev–Trinajstić information content (AvgIpc) is 2.83. The van der Waals surface area contributed by atoms with E-state index in [4.69, 9.17) is 4.74 Å². The van der Waals surface area contributed by atoms with Crippen molar-refractivity contribution in [2.24, 2.45) is 0 Å². The van der Waals surface area contributed by atoms with Gasteiger partial charge in [0.05, 0.1) is 7.11 Å². The maximum Gasteiger partial charge on any atom is 0.408 e. The minimum Gasteiger partial charge on any atom is -0.508 e. The molecule has 214 valence electrons. The van der Waals surface area contributed by atoms with Gasteiger partial charge in [-0.2, -0.15) is 0 Å². The third-order valence-corrected chi connectivity index (χ3v) is 5.87. The van der Waals surface area contributed by atoms with Gasteiger partial charge in [-0.1, -0.05) is 45.1 Å². The van der Waals surface area contributed by atoms with Gasteiger partial charge >= 0.3 is 12.1 Å². The van der Waals surface area contributed by atoms with Gasteiger partial charge in [-0.05, 0) is 64.3 Å². The van der Waals surface area contributed by atoms with Gasteiger partial charge in [0.2, 0.25) is 11.8 Å². The van der Waals surface area contributed by atoms with Crippen molar-refractivity contribution >= 4 is 23.9 Å². The zero-order chi connectivity index (χ0) is 28.9. The highest BCUT2D eigenvalue weighted by atomic mass is 16.6. The molecule has 0 saturated carbocycles. The Morgan fingerprint density at radius 2 is 1.68 bits per heavy atom. The lowest BCUT2D eigenvalue weighted by molar-refractivity contribution is -0.144. The molecular formula is C28H45N3O7. The van der Waals surface area contributed by atoms with Crippen molar-refractivity contribution in [1.82, 2.24) is 15.5 Å². The molecule has 0 fully saturated rings. The number of hydrogen-bond acceptors (Lipinski definition) is 7. The lowest BCUT2D eigenvalue weighted by Gasteiger charge is -2.34. The molecule has 3 N–H and O–H groups in total. The van der Waals surface area contributed by atoms with Gasteiger partial charge in [-0.3, -0.25) is 14.4 Å². The number of hydrogen-bond donors (Lipinski definition) is 3. The van der Waals surface area contributed by atoms with Crippen molar-refractivity contribution in [2.45, 2.75) is 97.8 Å². The van der Waals surface area contributed by atoms with E-state index in [1.54, 1.807) is 39.8 Å². The molecule has 0 radical (unpaired) electrons. The van der Waals surface area contributed by atoms with Gasteiger partial charge in [-0.25, -0.2) is 4.79 Å². The first-order chi connectivity index (χ1) is 17.8. The normalized spacial score (nSPS) is 12.7. The highest BCUT2D eigenvalue weighted by Gasteiger charge is 2.35. The number of unbranched alkanes of at least 4 members (excludes halogenated alkanes) is 5. The molecule has 1 aromatic rings. The fraction of sp³-hybridized carbons (Fsp3) is 0.643. The van der Waals surface area contributed by atoms with Crippen LogP contribution in [0.2, 0.25) is 0 Å². The molecule has 3 amide bonds. The van der Waals surface area contributed by atoms with Crippen molar-refractivity contribution in [3.63, 3.8) is 0 Å². The molecule has 0 aliphatic carbocycles. The molecule has 0 bridgehead atoms. The maximum atomic E-state index is 13.7. The van der Waals surface area contributed by atoms with Crippen LogP contribution in [0.5, 0.6) is 5.75 Å². The minimum absolute atomic E-state index is 0.0521. The molecule has 10 heteroatoms. The van der Waals surface area contributed by atoms with Gasteiger partial charge in [-0.15, -0.1) is 0 Å². The fourth-order valence-corrected chi connectivity index (χ4v) is 3.87. The second-order valence-corrected chi connectivity index (χ2v) is 10.4. The lowest BCUT2D eigenvalue weighted by Crippen LogP contribution is -2.52. The van der Waals surface area contributed by atoms with Crippen LogP contribution < -0.4 is 10.6 Å². The summed E-state index contributed by atoms with van der Waals surface area (Å²) in [4.78, 5) is 52.6. The standard InChI is InChI=1S/C28H45N3O7/c1-8-9-10-11-12-13-16-31(26(35)20(3)30-27(36)38-28(4,5)6)24(25(34)29-18-23(33)37-7)21-14-15-22(32)19(2)17-21/h14-15,17,20,24,32H,8-13,16,18H2,1-7H3,(H,29,34)(H,30,36). The Morgan fingerprint density at radius 3 is 2.26 bits per heavy atom. The van der Waals surface area contributed by atoms with Crippen LogP contribution in [0.15, 0.2) is 18.2 Å². The fourth-order valence-electron chi connectivity index (χ4n) is 3.87. The van der Waals surface area contributed by atoms with Gasteiger partial charge < -0.3 is 30.1 Å². The van der Waals surface area contributed by atoms with Gasteiger partial charge in [0, 0.05) is 6.54 Å². The number of benzene rings is 1. The van der Waals surface area contributed by atoms with Crippen molar-refractivity contribution in [1.29, 1.82) is 0 Å². The summed E-state index contributed by atoms with van der Waals surface area (Å²) in [5.41, 5.74) is 0.247. The molecule has 10 nitrogen and oxygen atoms in total. The number of carbonyl (C=O) groups is 4. The van der Waals surface area contributed by atoms with Crippen molar-refractivity contribution in [3.05, 3.63) is 29.3 Å². The monoisotopic (exact) mass is 535 g/mol. The zero-order valence-electron chi connectivity index (χ0n) is 23.9. The number of phenolic OH excluding ortho intramolecular Hbond substituents is 1. The lowest BCUT2D eigenvalue weighted by atomic mass is 9.99. The van der Waals surface area contributed by atoms with Gasteiger partial charge in [0.15, 0.2) is 0 Å². The summed E-state index contributed by atoms with van der Waals surface area (Å²) in [5.74, 6) is -1.64. The first kappa shape index (κ1) is 32.7. The van der Waals surface area contributed by atoms with Crippen LogP contribution >= 0.6 is 0 Å². The van der Waals surface area contributed by atoms with E-state index in [2.05, 4.69) is 22.3 Å². The highest BCUT2D eigenvalue weighted by Crippen LogP contribution is 2.27. The largest absolute Gasteiger partial charge is 0.508 e. The molecule has 38 heavy (non-hydrogen) atoms. The topological polar surface area (TPSA) is 134 Å². The van der Waals surface area contributed by atoms with Crippen molar-refractivity contribution in [2.75, 3.05) is 20.2 Å². The van der Waals surface area contributed by atoms with E-state index in [-0.39, 0.29) is 18.8 Å². The molecule has 2 unspecified atom stereocenters. The summed E-state index contributed by atoms with van der Waals surface area (Å²) in [6.07, 6.45) is 5.09. The summed E-state index contributed by atoms with van der Waals surface area (Å²) in [5, 5.41) is 15.2. The van der Waals surface area contributed by atoms with Crippen LogP contribution in [0.4, 0.5) is 4.79 Å². The van der Waals surface area contributed by atoms with Crippen LogP contribution in [-0.4, -0.2) is 65.7 Å². The van der Waals surface area contributed by atoms with Crippen LogP contribution in [0, 0.1) is 6.92 Å². The first-order valence-electron chi connectivity index (χ1n) is 13.2. The van der Waals surface area contributed by atoms with E-state index in [0.717, 1.165) is 32.1 Å². The Kier molecular flexibility index (Phi) is 13.6. The van der Waals surface area contributed by atoms with E-state index < -0.39 is 41.6 Å². The second-order valence-electron chi connectivity index (χ2n) is 10.4. The van der Waals surface area contributed by atoms with Crippen LogP contribution in [0.3, 0.4) is 0 Å². The SMILES string of the molecule is CCCCCCCCN(C(=O)C(C)NC(=O)OC(C)(C)C)C(C(=O)NCC(=O)OC)c1ccc(O)c(C)c1. The third-order valence-electron chi connectivity index (χ3n) is 5.87. The third kappa shape index (κ3) is 11.4. The number of amides is 3. The molecule has 0 aromatic heterocycles. The Bertz CT molecular complexity index is 943. The zero-order valence-corrected chi connectivity index (χ0v) is 23.9. The number of aryl methyl sites for hydroxylation is 1. The van der Waals surface area contributed by atoms with Gasteiger partial charge in [0.25, 0.3) is 0 Å². The van der Waals surface area contributed by atoms with Crippen molar-refractivity contribution in [3.8, 4) is 5.75 Å². The number of alkyl carbamates (subject to hydrolysis) is 1. The predicted molar refractivity (Wildman–Crippen MR) is 145 cm³/mol. The van der Waals surface area contributed by atoms with E-state index in [1.165, 1.54) is 25.0 Å². The van der Waals surface area contributed by atoms with E-state index in [1.807, 2.05) is 0 Å². The predicted octanol–water partition coefficient (Wildman–Crippen LogP) is 4.13. The van der Waals surface area contributed by atoms with E-state index >= 15 is 0 Å². The quantitative estimate of drug-likeness (QED) is 0.241. The molecule has 0 aliphatic heterocycles. The summed E-state index contributed by atoms with van der Waals surface area (Å²) < 4.78 is 9.93. The minimum atomic E-state index is -1.11. The number of carbonyl (C=O) groups excluding carboxylic acids is 4. The maximum absolute atomic E-state index is 13.7. The Balaban J connectivity index is 3.32. The molecule has 1 aromatic carbocycles. The summed E-state index contributed by atoms with van der Waals surface area (Å²) in [6.45, 7) is 10.4. The summed E-state index contributed by atoms with van der Waals surface area (Å²) in [7, 11) is 1.22. The average molecular weight is 536 g/mol. The molecule has 0 spiro atoms. The molecule has 2 atom stereocenters. The molecule has 0 aliphatic rings. The number of nitrogens with one attached hydrogen (secondary N) is 2. The molecular weight excluding hydrogens is 490 g/mol. The summed E-state index contributed by atoms with van der Waals surface area (Å²) in [6, 6.07) is 2.56. The number of aromatic hydroxyl groups is 1. The Hall–Kier alpha value is -3.30. The van der Waals surface area contributed by atoms with E-state index in [9.17, 15) is 24.3 Å². The van der Waals surface area contributed by atoms with Crippen LogP contribution in [0.25, 0.3) is 0 Å². The number of ether oxygens (including phenoxy) is 2. The number of nitrogens with zero attached hydrogens (tertiary/aromatic N) is 1. The highest BCUT2D eigenvalue weighted by molar-refractivity contribution is 5.93. The Labute approximate surface area is 226 Å².